The quantitative estimate of drug-likeness (QED) is 0.518. The molecule has 0 aliphatic heterocycles. The van der Waals surface area contributed by atoms with E-state index in [2.05, 4.69) is 0 Å². The third kappa shape index (κ3) is 3.12. The first-order valence-corrected chi connectivity index (χ1v) is 4.73. The van der Waals surface area contributed by atoms with Gasteiger partial charge in [-0.1, -0.05) is 13.8 Å². The first-order chi connectivity index (χ1) is 4.76. The Balaban J connectivity index is 4.39. The SMILES string of the molecule is CC(C)[C@H](N)C(=O)P(=O)(O)O. The molecule has 4 N–H and O–H groups in total. The average molecular weight is 181 g/mol. The molecule has 66 valence electrons. The lowest BCUT2D eigenvalue weighted by Gasteiger charge is -2.13. The summed E-state index contributed by atoms with van der Waals surface area (Å²) in [5.74, 6) is -0.255. The second-order valence-corrected chi connectivity index (χ2v) is 4.18. The van der Waals surface area contributed by atoms with Crippen molar-refractivity contribution in [1.82, 2.24) is 0 Å². The zero-order valence-electron chi connectivity index (χ0n) is 6.39. The Morgan fingerprint density at radius 2 is 1.82 bits per heavy atom. The van der Waals surface area contributed by atoms with Crippen molar-refractivity contribution in [1.29, 1.82) is 0 Å². The summed E-state index contributed by atoms with van der Waals surface area (Å²) >= 11 is 0. The third-order valence-electron chi connectivity index (χ3n) is 1.29. The Bertz CT molecular complexity index is 197. The second-order valence-electron chi connectivity index (χ2n) is 2.65. The summed E-state index contributed by atoms with van der Waals surface area (Å²) in [5, 5.41) is 0. The average Bonchev–Trinajstić information content (AvgIpc) is 1.82. The van der Waals surface area contributed by atoms with Crippen LogP contribution < -0.4 is 5.73 Å². The zero-order valence-corrected chi connectivity index (χ0v) is 7.28. The molecule has 0 unspecified atom stereocenters. The number of carbonyl (C=O) groups is 1. The highest BCUT2D eigenvalue weighted by Crippen LogP contribution is 2.37. The van der Waals surface area contributed by atoms with E-state index in [1.54, 1.807) is 13.8 Å². The largest absolute Gasteiger partial charge is 0.393 e. The van der Waals surface area contributed by atoms with Gasteiger partial charge in [-0.25, -0.2) is 0 Å². The predicted molar refractivity (Wildman–Crippen MR) is 39.9 cm³/mol. The molecule has 0 bridgehead atoms. The van der Waals surface area contributed by atoms with E-state index in [-0.39, 0.29) is 5.92 Å². The van der Waals surface area contributed by atoms with Gasteiger partial charge in [0.25, 0.3) is 5.52 Å². The van der Waals surface area contributed by atoms with Gasteiger partial charge in [-0.15, -0.1) is 0 Å². The number of carbonyl (C=O) groups excluding carboxylic acids is 1. The van der Waals surface area contributed by atoms with Crippen LogP contribution in [0.4, 0.5) is 0 Å². The molecule has 11 heavy (non-hydrogen) atoms. The zero-order chi connectivity index (χ0) is 9.23. The molecule has 0 aliphatic rings. The number of hydrogen-bond donors (Lipinski definition) is 3. The summed E-state index contributed by atoms with van der Waals surface area (Å²) in [6.07, 6.45) is 0. The van der Waals surface area contributed by atoms with E-state index in [1.807, 2.05) is 0 Å². The van der Waals surface area contributed by atoms with E-state index in [4.69, 9.17) is 15.5 Å². The maximum atomic E-state index is 10.7. The van der Waals surface area contributed by atoms with E-state index < -0.39 is 19.2 Å². The van der Waals surface area contributed by atoms with Crippen molar-refractivity contribution < 1.29 is 19.1 Å². The molecule has 0 fully saturated rings. The van der Waals surface area contributed by atoms with Gasteiger partial charge in [-0.2, -0.15) is 0 Å². The lowest BCUT2D eigenvalue weighted by atomic mass is 10.1. The molecule has 0 aliphatic carbocycles. The van der Waals surface area contributed by atoms with Gasteiger partial charge in [0.1, 0.15) is 0 Å². The maximum absolute atomic E-state index is 10.7. The number of hydrogen-bond acceptors (Lipinski definition) is 3. The van der Waals surface area contributed by atoms with Crippen LogP contribution in [0.15, 0.2) is 0 Å². The monoisotopic (exact) mass is 181 g/mol. The van der Waals surface area contributed by atoms with Crippen molar-refractivity contribution in [3.63, 3.8) is 0 Å². The van der Waals surface area contributed by atoms with E-state index in [9.17, 15) is 9.36 Å². The molecule has 6 heteroatoms. The Labute approximate surface area is 64.8 Å². The molecule has 0 rings (SSSR count). The molecule has 0 aromatic heterocycles. The van der Waals surface area contributed by atoms with E-state index in [1.165, 1.54) is 0 Å². The normalized spacial score (nSPS) is 15.1. The molecule has 0 heterocycles. The highest BCUT2D eigenvalue weighted by atomic mass is 31.2. The van der Waals surface area contributed by atoms with Crippen molar-refractivity contribution in [2.24, 2.45) is 11.7 Å². The van der Waals surface area contributed by atoms with E-state index in [0.29, 0.717) is 0 Å². The summed E-state index contributed by atoms with van der Waals surface area (Å²) in [4.78, 5) is 27.5. The van der Waals surface area contributed by atoms with Gasteiger partial charge >= 0.3 is 7.60 Å². The van der Waals surface area contributed by atoms with Gasteiger partial charge in [0.2, 0.25) is 0 Å². The minimum atomic E-state index is -4.63. The summed E-state index contributed by atoms with van der Waals surface area (Å²) in [6.45, 7) is 3.25. The van der Waals surface area contributed by atoms with Gasteiger partial charge in [0.15, 0.2) is 0 Å². The Morgan fingerprint density at radius 3 is 1.91 bits per heavy atom. The molecule has 0 radical (unpaired) electrons. The smallest absolute Gasteiger partial charge is 0.321 e. The van der Waals surface area contributed by atoms with Crippen LogP contribution in [0.1, 0.15) is 13.8 Å². The van der Waals surface area contributed by atoms with Crippen LogP contribution in [0.5, 0.6) is 0 Å². The van der Waals surface area contributed by atoms with E-state index in [0.717, 1.165) is 0 Å². The Morgan fingerprint density at radius 1 is 1.45 bits per heavy atom. The van der Waals surface area contributed by atoms with Crippen molar-refractivity contribution in [3.8, 4) is 0 Å². The van der Waals surface area contributed by atoms with Crippen LogP contribution in [0.2, 0.25) is 0 Å². The molecular formula is C5H12NO4P. The van der Waals surface area contributed by atoms with Gasteiger partial charge < -0.3 is 15.5 Å². The minimum Gasteiger partial charge on any atom is -0.321 e. The van der Waals surface area contributed by atoms with Gasteiger partial charge in [0.05, 0.1) is 6.04 Å². The van der Waals surface area contributed by atoms with Gasteiger partial charge in [-0.3, -0.25) is 9.36 Å². The van der Waals surface area contributed by atoms with Gasteiger partial charge in [0, 0.05) is 0 Å². The van der Waals surface area contributed by atoms with E-state index >= 15 is 0 Å². The lowest BCUT2D eigenvalue weighted by Crippen LogP contribution is -2.35. The van der Waals surface area contributed by atoms with Crippen molar-refractivity contribution >= 4 is 13.1 Å². The fourth-order valence-corrected chi connectivity index (χ4v) is 1.17. The molecule has 5 nitrogen and oxygen atoms in total. The van der Waals surface area contributed by atoms with Crippen molar-refractivity contribution in [2.75, 3.05) is 0 Å². The number of rotatable bonds is 3. The summed E-state index contributed by atoms with van der Waals surface area (Å²) < 4.78 is 10.3. The van der Waals surface area contributed by atoms with Crippen LogP contribution in [0.3, 0.4) is 0 Å². The van der Waals surface area contributed by atoms with Gasteiger partial charge in [-0.05, 0) is 5.92 Å². The number of nitrogens with two attached hydrogens (primary N) is 1. The summed E-state index contributed by atoms with van der Waals surface area (Å²) in [7, 11) is -4.63. The Kier molecular flexibility index (Phi) is 3.38. The molecule has 0 saturated heterocycles. The topological polar surface area (TPSA) is 101 Å². The molecule has 0 aromatic carbocycles. The van der Waals surface area contributed by atoms with Crippen LogP contribution in [0.25, 0.3) is 0 Å². The third-order valence-corrected chi connectivity index (χ3v) is 2.16. The molecule has 0 amide bonds. The second kappa shape index (κ2) is 3.45. The molecule has 1 atom stereocenters. The molecular weight excluding hydrogens is 169 g/mol. The highest BCUT2D eigenvalue weighted by Gasteiger charge is 2.32. The van der Waals surface area contributed by atoms with Crippen LogP contribution in [-0.4, -0.2) is 21.4 Å². The fourth-order valence-electron chi connectivity index (χ4n) is 0.479. The van der Waals surface area contributed by atoms with Crippen molar-refractivity contribution in [3.05, 3.63) is 0 Å². The van der Waals surface area contributed by atoms with Crippen molar-refractivity contribution in [2.45, 2.75) is 19.9 Å². The fraction of sp³-hybridized carbons (Fsp3) is 0.800. The lowest BCUT2D eigenvalue weighted by molar-refractivity contribution is -0.115. The molecule has 0 aromatic rings. The standard InChI is InChI=1S/C5H12NO4P/c1-3(2)4(6)5(7)11(8,9)10/h3-4H,6H2,1-2H3,(H2,8,9,10)/t4-/m0/s1. The summed E-state index contributed by atoms with van der Waals surface area (Å²) in [5.41, 5.74) is 4.02. The molecule has 0 spiro atoms. The molecule has 0 saturated carbocycles. The van der Waals surface area contributed by atoms with Crippen LogP contribution in [-0.2, 0) is 9.36 Å². The predicted octanol–water partition coefficient (Wildman–Crippen LogP) is -0.326. The van der Waals surface area contributed by atoms with Crippen LogP contribution >= 0.6 is 7.60 Å². The maximum Gasteiger partial charge on any atom is 0.393 e. The summed E-state index contributed by atoms with van der Waals surface area (Å²) in [6, 6.07) is -1.07. The van der Waals surface area contributed by atoms with Crippen LogP contribution in [0, 0.1) is 5.92 Å². The Hall–Kier alpha value is -0.220. The highest BCUT2D eigenvalue weighted by molar-refractivity contribution is 7.70. The minimum absolute atomic E-state index is 0.255. The first kappa shape index (κ1) is 10.8. The first-order valence-electron chi connectivity index (χ1n) is 3.12.